The van der Waals surface area contributed by atoms with Gasteiger partial charge < -0.3 is 10.4 Å². The molecule has 106 valence electrons. The molecule has 0 aliphatic carbocycles. The summed E-state index contributed by atoms with van der Waals surface area (Å²) in [5.41, 5.74) is 0.356. The summed E-state index contributed by atoms with van der Waals surface area (Å²) >= 11 is 3.16. The molecule has 0 saturated carbocycles. The number of amides is 1. The van der Waals surface area contributed by atoms with Crippen molar-refractivity contribution in [3.05, 3.63) is 34.1 Å². The number of rotatable bonds is 4. The van der Waals surface area contributed by atoms with E-state index in [2.05, 4.69) is 21.2 Å². The third kappa shape index (κ3) is 5.28. The zero-order valence-corrected chi connectivity index (χ0v) is 12.9. The molecule has 1 unspecified atom stereocenters. The minimum Gasteiger partial charge on any atom is -0.394 e. The second kappa shape index (κ2) is 6.48. The van der Waals surface area contributed by atoms with Gasteiger partial charge in [0.25, 0.3) is 5.91 Å². The molecule has 0 bridgehead atoms. The molecule has 3 nitrogen and oxygen atoms in total. The Hall–Kier alpha value is -0.940. The zero-order valence-electron chi connectivity index (χ0n) is 11.3. The number of carbonyl (C=O) groups excluding carboxylic acids is 1. The summed E-state index contributed by atoms with van der Waals surface area (Å²) in [6.45, 7) is 5.99. The Morgan fingerprint density at radius 1 is 1.47 bits per heavy atom. The normalized spacial score (nSPS) is 13.2. The molecular formula is C14H19BrFNO2. The van der Waals surface area contributed by atoms with Gasteiger partial charge in [-0.2, -0.15) is 0 Å². The first-order chi connectivity index (χ1) is 8.73. The van der Waals surface area contributed by atoms with Crippen molar-refractivity contribution in [2.24, 2.45) is 5.41 Å². The van der Waals surface area contributed by atoms with Crippen LogP contribution in [0.4, 0.5) is 4.39 Å². The van der Waals surface area contributed by atoms with Gasteiger partial charge in [-0.25, -0.2) is 4.39 Å². The Balaban J connectivity index is 2.77. The molecule has 0 heterocycles. The number of carbonyl (C=O) groups is 1. The van der Waals surface area contributed by atoms with Gasteiger partial charge in [0.05, 0.1) is 18.2 Å². The highest BCUT2D eigenvalue weighted by atomic mass is 79.9. The monoisotopic (exact) mass is 331 g/mol. The lowest BCUT2D eigenvalue weighted by Crippen LogP contribution is -2.40. The van der Waals surface area contributed by atoms with Gasteiger partial charge in [-0.15, -0.1) is 0 Å². The standard InChI is InChI=1S/C14H19BrFNO2/c1-14(2,3)7-10(8-18)17-13(19)11-5-4-9(16)6-12(11)15/h4-6,10,18H,7-8H2,1-3H3,(H,17,19). The molecule has 0 fully saturated rings. The molecule has 1 amide bonds. The van der Waals surface area contributed by atoms with E-state index < -0.39 is 5.82 Å². The van der Waals surface area contributed by atoms with Crippen LogP contribution in [0, 0.1) is 11.2 Å². The Morgan fingerprint density at radius 2 is 2.11 bits per heavy atom. The van der Waals surface area contributed by atoms with Gasteiger partial charge in [0.15, 0.2) is 0 Å². The van der Waals surface area contributed by atoms with E-state index in [0.29, 0.717) is 16.5 Å². The molecule has 0 aliphatic heterocycles. The molecule has 0 radical (unpaired) electrons. The Morgan fingerprint density at radius 3 is 2.58 bits per heavy atom. The van der Waals surface area contributed by atoms with Crippen molar-refractivity contribution < 1.29 is 14.3 Å². The lowest BCUT2D eigenvalue weighted by molar-refractivity contribution is 0.0897. The molecule has 5 heteroatoms. The highest BCUT2D eigenvalue weighted by Crippen LogP contribution is 2.22. The number of nitrogens with one attached hydrogen (secondary N) is 1. The van der Waals surface area contributed by atoms with E-state index >= 15 is 0 Å². The quantitative estimate of drug-likeness (QED) is 0.890. The minimum atomic E-state index is -0.406. The fraction of sp³-hybridized carbons (Fsp3) is 0.500. The fourth-order valence-electron chi connectivity index (χ4n) is 1.84. The minimum absolute atomic E-state index is 0.000699. The van der Waals surface area contributed by atoms with Crippen molar-refractivity contribution in [3.8, 4) is 0 Å². The van der Waals surface area contributed by atoms with Crippen LogP contribution in [0.2, 0.25) is 0 Å². The molecule has 2 N–H and O–H groups in total. The lowest BCUT2D eigenvalue weighted by atomic mass is 9.88. The average molecular weight is 332 g/mol. The van der Waals surface area contributed by atoms with Gasteiger partial charge in [0.2, 0.25) is 0 Å². The van der Waals surface area contributed by atoms with E-state index in [-0.39, 0.29) is 24.0 Å². The molecule has 1 aromatic rings. The first-order valence-electron chi connectivity index (χ1n) is 6.10. The molecular weight excluding hydrogens is 313 g/mol. The van der Waals surface area contributed by atoms with E-state index in [9.17, 15) is 14.3 Å². The zero-order chi connectivity index (χ0) is 14.6. The average Bonchev–Trinajstić information content (AvgIpc) is 2.25. The van der Waals surface area contributed by atoms with Crippen LogP contribution in [0.3, 0.4) is 0 Å². The molecule has 19 heavy (non-hydrogen) atoms. The van der Waals surface area contributed by atoms with Crippen molar-refractivity contribution in [2.45, 2.75) is 33.2 Å². The number of aliphatic hydroxyl groups excluding tert-OH is 1. The van der Waals surface area contributed by atoms with Crippen LogP contribution in [0.15, 0.2) is 22.7 Å². The topological polar surface area (TPSA) is 49.3 Å². The van der Waals surface area contributed by atoms with Crippen LogP contribution < -0.4 is 5.32 Å². The van der Waals surface area contributed by atoms with Crippen LogP contribution >= 0.6 is 15.9 Å². The van der Waals surface area contributed by atoms with Crippen molar-refractivity contribution in [1.29, 1.82) is 0 Å². The van der Waals surface area contributed by atoms with Crippen molar-refractivity contribution in [1.82, 2.24) is 5.32 Å². The molecule has 1 atom stereocenters. The summed E-state index contributed by atoms with van der Waals surface area (Å²) in [7, 11) is 0. The second-order valence-electron chi connectivity index (χ2n) is 5.74. The van der Waals surface area contributed by atoms with Gasteiger partial charge in [-0.3, -0.25) is 4.79 Å². The third-order valence-electron chi connectivity index (χ3n) is 2.59. The number of aliphatic hydroxyl groups is 1. The number of benzene rings is 1. The van der Waals surface area contributed by atoms with Crippen LogP contribution in [-0.2, 0) is 0 Å². The maximum absolute atomic E-state index is 13.0. The van der Waals surface area contributed by atoms with Crippen molar-refractivity contribution in [2.75, 3.05) is 6.61 Å². The Bertz CT molecular complexity index is 457. The van der Waals surface area contributed by atoms with E-state index in [4.69, 9.17) is 0 Å². The summed E-state index contributed by atoms with van der Waals surface area (Å²) in [6, 6.07) is 3.58. The van der Waals surface area contributed by atoms with Crippen LogP contribution in [-0.4, -0.2) is 23.7 Å². The van der Waals surface area contributed by atoms with E-state index in [1.54, 1.807) is 0 Å². The van der Waals surface area contributed by atoms with Crippen LogP contribution in [0.1, 0.15) is 37.6 Å². The predicted molar refractivity (Wildman–Crippen MR) is 76.5 cm³/mol. The van der Waals surface area contributed by atoms with Gasteiger partial charge in [0, 0.05) is 4.47 Å². The summed E-state index contributed by atoms with van der Waals surface area (Å²) in [5, 5.41) is 12.1. The SMILES string of the molecule is CC(C)(C)CC(CO)NC(=O)c1ccc(F)cc1Br. The molecule has 1 rings (SSSR count). The number of hydrogen-bond donors (Lipinski definition) is 2. The van der Waals surface area contributed by atoms with Crippen molar-refractivity contribution >= 4 is 21.8 Å². The Kier molecular flexibility index (Phi) is 5.50. The molecule has 0 spiro atoms. The molecule has 1 aromatic carbocycles. The van der Waals surface area contributed by atoms with E-state index in [1.165, 1.54) is 18.2 Å². The molecule has 0 saturated heterocycles. The first-order valence-corrected chi connectivity index (χ1v) is 6.89. The van der Waals surface area contributed by atoms with Crippen LogP contribution in [0.25, 0.3) is 0 Å². The fourth-order valence-corrected chi connectivity index (χ4v) is 2.37. The van der Waals surface area contributed by atoms with Crippen LogP contribution in [0.5, 0.6) is 0 Å². The first kappa shape index (κ1) is 16.1. The Labute approximate surface area is 121 Å². The lowest BCUT2D eigenvalue weighted by Gasteiger charge is -2.25. The van der Waals surface area contributed by atoms with E-state index in [0.717, 1.165) is 0 Å². The highest BCUT2D eigenvalue weighted by molar-refractivity contribution is 9.10. The number of hydrogen-bond acceptors (Lipinski definition) is 2. The molecule has 0 aliphatic rings. The predicted octanol–water partition coefficient (Wildman–Crippen LogP) is 3.12. The summed E-state index contributed by atoms with van der Waals surface area (Å²) < 4.78 is 13.4. The summed E-state index contributed by atoms with van der Waals surface area (Å²) in [5.74, 6) is -0.730. The second-order valence-corrected chi connectivity index (χ2v) is 6.60. The number of halogens is 2. The largest absolute Gasteiger partial charge is 0.394 e. The summed E-state index contributed by atoms with van der Waals surface area (Å²) in [4.78, 5) is 12.1. The van der Waals surface area contributed by atoms with Gasteiger partial charge in [-0.1, -0.05) is 20.8 Å². The smallest absolute Gasteiger partial charge is 0.252 e. The highest BCUT2D eigenvalue weighted by Gasteiger charge is 2.21. The maximum Gasteiger partial charge on any atom is 0.252 e. The summed E-state index contributed by atoms with van der Waals surface area (Å²) in [6.07, 6.45) is 0.661. The third-order valence-corrected chi connectivity index (χ3v) is 3.25. The van der Waals surface area contributed by atoms with Gasteiger partial charge in [-0.05, 0) is 46.0 Å². The maximum atomic E-state index is 13.0. The van der Waals surface area contributed by atoms with Gasteiger partial charge in [0.1, 0.15) is 5.82 Å². The van der Waals surface area contributed by atoms with E-state index in [1.807, 2.05) is 20.8 Å². The molecule has 0 aromatic heterocycles. The van der Waals surface area contributed by atoms with Gasteiger partial charge >= 0.3 is 0 Å². The van der Waals surface area contributed by atoms with Crippen molar-refractivity contribution in [3.63, 3.8) is 0 Å².